The van der Waals surface area contributed by atoms with E-state index in [4.69, 9.17) is 0 Å². The van der Waals surface area contributed by atoms with Crippen LogP contribution in [0.4, 0.5) is 0 Å². The standard InChI is InChI=1S/C16H23N3O2S2/c1-22-10-14-18-12(9-23-14)7-17-16(21)11-6-15(20)19(8-11)13-4-2-3-5-13/h9,11,13H,2-8,10H2,1H3,(H,17,21)/t11-/m0/s1. The fraction of sp³-hybridized carbons (Fsp3) is 0.688. The fourth-order valence-corrected chi connectivity index (χ4v) is 4.93. The highest BCUT2D eigenvalue weighted by molar-refractivity contribution is 7.97. The van der Waals surface area contributed by atoms with Gasteiger partial charge in [-0.25, -0.2) is 4.98 Å². The average Bonchev–Trinajstić information content (AvgIpc) is 3.25. The minimum absolute atomic E-state index is 0.0155. The monoisotopic (exact) mass is 353 g/mol. The van der Waals surface area contributed by atoms with E-state index in [2.05, 4.69) is 16.6 Å². The highest BCUT2D eigenvalue weighted by Crippen LogP contribution is 2.29. The highest BCUT2D eigenvalue weighted by Gasteiger charge is 2.38. The van der Waals surface area contributed by atoms with Crippen molar-refractivity contribution < 1.29 is 9.59 Å². The van der Waals surface area contributed by atoms with E-state index >= 15 is 0 Å². The van der Waals surface area contributed by atoms with Crippen LogP contribution in [-0.2, 0) is 21.9 Å². The van der Waals surface area contributed by atoms with Gasteiger partial charge in [-0.05, 0) is 19.1 Å². The highest BCUT2D eigenvalue weighted by atomic mass is 32.2. The Morgan fingerprint density at radius 1 is 1.48 bits per heavy atom. The van der Waals surface area contributed by atoms with E-state index in [9.17, 15) is 9.59 Å². The van der Waals surface area contributed by atoms with Crippen LogP contribution in [0.5, 0.6) is 0 Å². The normalized spacial score (nSPS) is 22.0. The number of carbonyl (C=O) groups excluding carboxylic acids is 2. The van der Waals surface area contributed by atoms with Crippen molar-refractivity contribution >= 4 is 34.9 Å². The number of rotatable bonds is 6. The Kier molecular flexibility index (Phi) is 5.58. The van der Waals surface area contributed by atoms with Gasteiger partial charge in [-0.2, -0.15) is 11.8 Å². The second-order valence-electron chi connectivity index (χ2n) is 6.27. The van der Waals surface area contributed by atoms with E-state index in [1.54, 1.807) is 23.1 Å². The number of thioether (sulfide) groups is 1. The van der Waals surface area contributed by atoms with Gasteiger partial charge < -0.3 is 10.2 Å². The first-order chi connectivity index (χ1) is 11.2. The van der Waals surface area contributed by atoms with Crippen LogP contribution in [0.3, 0.4) is 0 Å². The van der Waals surface area contributed by atoms with Gasteiger partial charge in [-0.15, -0.1) is 11.3 Å². The Balaban J connectivity index is 1.49. The second kappa shape index (κ2) is 7.66. The van der Waals surface area contributed by atoms with E-state index in [0.717, 1.165) is 29.3 Å². The molecule has 23 heavy (non-hydrogen) atoms. The summed E-state index contributed by atoms with van der Waals surface area (Å²) in [7, 11) is 0. The van der Waals surface area contributed by atoms with E-state index < -0.39 is 0 Å². The number of nitrogens with one attached hydrogen (secondary N) is 1. The van der Waals surface area contributed by atoms with Gasteiger partial charge in [0.15, 0.2) is 0 Å². The lowest BCUT2D eigenvalue weighted by Crippen LogP contribution is -2.36. The number of nitrogens with zero attached hydrogens (tertiary/aromatic N) is 2. The van der Waals surface area contributed by atoms with E-state index in [0.29, 0.717) is 25.6 Å². The van der Waals surface area contributed by atoms with Crippen LogP contribution in [0, 0.1) is 5.92 Å². The molecule has 7 heteroatoms. The summed E-state index contributed by atoms with van der Waals surface area (Å²) in [5.41, 5.74) is 0.907. The molecule has 1 N–H and O–H groups in total. The molecule has 0 radical (unpaired) electrons. The number of amides is 2. The molecule has 1 atom stereocenters. The summed E-state index contributed by atoms with van der Waals surface area (Å²) in [5, 5.41) is 6.03. The number of hydrogen-bond acceptors (Lipinski definition) is 5. The van der Waals surface area contributed by atoms with Gasteiger partial charge in [0, 0.05) is 30.1 Å². The lowest BCUT2D eigenvalue weighted by Gasteiger charge is -2.23. The second-order valence-corrected chi connectivity index (χ2v) is 8.08. The van der Waals surface area contributed by atoms with Crippen LogP contribution in [0.1, 0.15) is 42.8 Å². The largest absolute Gasteiger partial charge is 0.350 e. The molecule has 1 aliphatic heterocycles. The van der Waals surface area contributed by atoms with E-state index in [1.807, 2.05) is 10.3 Å². The van der Waals surface area contributed by atoms with Gasteiger partial charge >= 0.3 is 0 Å². The lowest BCUT2D eigenvalue weighted by molar-refractivity contribution is -0.130. The summed E-state index contributed by atoms with van der Waals surface area (Å²) >= 11 is 3.37. The van der Waals surface area contributed by atoms with Crippen molar-refractivity contribution in [3.63, 3.8) is 0 Å². The van der Waals surface area contributed by atoms with Crippen molar-refractivity contribution in [3.8, 4) is 0 Å². The van der Waals surface area contributed by atoms with Gasteiger partial charge in [0.25, 0.3) is 0 Å². The molecule has 126 valence electrons. The summed E-state index contributed by atoms with van der Waals surface area (Å²) in [6.07, 6.45) is 7.00. The molecule has 1 saturated carbocycles. The maximum absolute atomic E-state index is 12.3. The third-order valence-corrected chi connectivity index (χ3v) is 6.25. The lowest BCUT2D eigenvalue weighted by atomic mass is 10.1. The van der Waals surface area contributed by atoms with Crippen LogP contribution in [0.2, 0.25) is 0 Å². The topological polar surface area (TPSA) is 62.3 Å². The molecule has 1 saturated heterocycles. The maximum Gasteiger partial charge on any atom is 0.225 e. The van der Waals surface area contributed by atoms with Gasteiger partial charge in [0.2, 0.25) is 11.8 Å². The van der Waals surface area contributed by atoms with Crippen molar-refractivity contribution in [3.05, 3.63) is 16.1 Å². The zero-order valence-corrected chi connectivity index (χ0v) is 15.0. The Hall–Kier alpha value is -1.08. The Morgan fingerprint density at radius 2 is 2.26 bits per heavy atom. The molecular formula is C16H23N3O2S2. The van der Waals surface area contributed by atoms with Crippen molar-refractivity contribution in [1.29, 1.82) is 0 Å². The number of aromatic nitrogens is 1. The fourth-order valence-electron chi connectivity index (χ4n) is 3.42. The van der Waals surface area contributed by atoms with Crippen LogP contribution >= 0.6 is 23.1 Å². The first-order valence-electron chi connectivity index (χ1n) is 8.16. The molecule has 0 unspecified atom stereocenters. The minimum atomic E-state index is -0.201. The van der Waals surface area contributed by atoms with Gasteiger partial charge in [0.1, 0.15) is 5.01 Å². The average molecular weight is 354 g/mol. The number of likely N-dealkylation sites (tertiary alicyclic amines) is 1. The van der Waals surface area contributed by atoms with Crippen LogP contribution in [0.15, 0.2) is 5.38 Å². The minimum Gasteiger partial charge on any atom is -0.350 e. The third-order valence-electron chi connectivity index (χ3n) is 4.61. The van der Waals surface area contributed by atoms with Crippen LogP contribution in [-0.4, -0.2) is 40.5 Å². The Morgan fingerprint density at radius 3 is 3.00 bits per heavy atom. The summed E-state index contributed by atoms with van der Waals surface area (Å²) < 4.78 is 0. The summed E-state index contributed by atoms with van der Waals surface area (Å²) in [6.45, 7) is 1.04. The predicted molar refractivity (Wildman–Crippen MR) is 93.3 cm³/mol. The molecule has 1 aromatic rings. The Bertz CT molecular complexity index is 569. The van der Waals surface area contributed by atoms with Crippen molar-refractivity contribution in [2.75, 3.05) is 12.8 Å². The molecule has 2 fully saturated rings. The third kappa shape index (κ3) is 4.07. The first-order valence-corrected chi connectivity index (χ1v) is 10.4. The van der Waals surface area contributed by atoms with E-state index in [-0.39, 0.29) is 17.7 Å². The summed E-state index contributed by atoms with van der Waals surface area (Å²) in [4.78, 5) is 30.9. The van der Waals surface area contributed by atoms with Gasteiger partial charge in [-0.1, -0.05) is 12.8 Å². The van der Waals surface area contributed by atoms with Crippen molar-refractivity contribution in [2.45, 2.75) is 50.4 Å². The Labute approximate surface area is 145 Å². The SMILES string of the molecule is CSCc1nc(CNC(=O)[C@H]2CC(=O)N(C3CCCC3)C2)cs1. The molecule has 1 aromatic heterocycles. The van der Waals surface area contributed by atoms with Crippen LogP contribution < -0.4 is 5.32 Å². The van der Waals surface area contributed by atoms with Gasteiger partial charge in [0.05, 0.1) is 18.2 Å². The van der Waals surface area contributed by atoms with E-state index in [1.165, 1.54) is 12.8 Å². The van der Waals surface area contributed by atoms with Gasteiger partial charge in [-0.3, -0.25) is 9.59 Å². The molecule has 2 heterocycles. The van der Waals surface area contributed by atoms with Crippen molar-refractivity contribution in [1.82, 2.24) is 15.2 Å². The zero-order valence-electron chi connectivity index (χ0n) is 13.4. The zero-order chi connectivity index (χ0) is 16.2. The quantitative estimate of drug-likeness (QED) is 0.853. The molecule has 3 rings (SSSR count). The number of carbonyl (C=O) groups is 2. The summed E-state index contributed by atoms with van der Waals surface area (Å²) in [6, 6.07) is 0.368. The smallest absolute Gasteiger partial charge is 0.225 e. The number of thiazole rings is 1. The molecule has 0 bridgehead atoms. The molecule has 5 nitrogen and oxygen atoms in total. The molecule has 1 aliphatic carbocycles. The van der Waals surface area contributed by atoms with Crippen molar-refractivity contribution in [2.24, 2.45) is 5.92 Å². The summed E-state index contributed by atoms with van der Waals surface area (Å²) in [5.74, 6) is 0.838. The van der Waals surface area contributed by atoms with Crippen LogP contribution in [0.25, 0.3) is 0 Å². The molecular weight excluding hydrogens is 330 g/mol. The number of hydrogen-bond donors (Lipinski definition) is 1. The molecule has 0 spiro atoms. The molecule has 2 aliphatic rings. The predicted octanol–water partition coefficient (Wildman–Crippen LogP) is 2.41. The molecule has 2 amide bonds. The molecule has 0 aromatic carbocycles. The maximum atomic E-state index is 12.3. The first kappa shape index (κ1) is 16.8.